The van der Waals surface area contributed by atoms with Gasteiger partial charge in [-0.2, -0.15) is 0 Å². The van der Waals surface area contributed by atoms with Gasteiger partial charge in [-0.1, -0.05) is 13.8 Å². The molecule has 0 aliphatic carbocycles. The molecule has 3 rings (SSSR count). The van der Waals surface area contributed by atoms with Crippen LogP contribution in [0.1, 0.15) is 25.3 Å². The molecule has 108 valence electrons. The minimum atomic E-state index is 0.157. The van der Waals surface area contributed by atoms with Crippen molar-refractivity contribution in [2.75, 3.05) is 23.8 Å². The molecule has 0 bridgehead atoms. The van der Waals surface area contributed by atoms with Crippen molar-refractivity contribution >= 4 is 32.9 Å². The van der Waals surface area contributed by atoms with Crippen molar-refractivity contribution < 1.29 is 5.11 Å². The van der Waals surface area contributed by atoms with Crippen LogP contribution in [-0.2, 0) is 6.42 Å². The Morgan fingerprint density at radius 2 is 2.30 bits per heavy atom. The third-order valence-electron chi connectivity index (χ3n) is 4.03. The second-order valence-electron chi connectivity index (χ2n) is 5.64. The van der Waals surface area contributed by atoms with Crippen molar-refractivity contribution in [2.24, 2.45) is 5.92 Å². The maximum Gasteiger partial charge on any atom is 0.107 e. The Balaban J connectivity index is 2.14. The van der Waals surface area contributed by atoms with Crippen LogP contribution in [0.15, 0.2) is 12.1 Å². The van der Waals surface area contributed by atoms with Gasteiger partial charge >= 0.3 is 0 Å². The summed E-state index contributed by atoms with van der Waals surface area (Å²) < 4.78 is 1.18. The van der Waals surface area contributed by atoms with Crippen LogP contribution < -0.4 is 10.6 Å². The number of aliphatic hydroxyl groups is 1. The van der Waals surface area contributed by atoms with Crippen LogP contribution in [0.5, 0.6) is 0 Å². The number of aromatic nitrogens is 1. The number of thiazole rings is 1. The SMILES string of the molecule is CCc1nc2c(N3C[C@@H](C)C[C@H]3CO)c(N)ccc2s1. The lowest BCUT2D eigenvalue weighted by atomic mass is 10.1. The van der Waals surface area contributed by atoms with E-state index < -0.39 is 0 Å². The van der Waals surface area contributed by atoms with E-state index in [-0.39, 0.29) is 12.6 Å². The Morgan fingerprint density at radius 3 is 3.00 bits per heavy atom. The largest absolute Gasteiger partial charge is 0.397 e. The predicted octanol–water partition coefficient (Wildman–Crippen LogP) is 2.65. The number of aliphatic hydroxyl groups excluding tert-OH is 1. The fourth-order valence-corrected chi connectivity index (χ4v) is 4.00. The van der Waals surface area contributed by atoms with Crippen LogP contribution >= 0.6 is 11.3 Å². The maximum atomic E-state index is 9.63. The molecule has 20 heavy (non-hydrogen) atoms. The molecule has 1 saturated heterocycles. The Bertz CT molecular complexity index is 625. The zero-order chi connectivity index (χ0) is 14.3. The highest BCUT2D eigenvalue weighted by molar-refractivity contribution is 7.18. The average Bonchev–Trinajstić information content (AvgIpc) is 3.01. The fourth-order valence-electron chi connectivity index (χ4n) is 3.09. The van der Waals surface area contributed by atoms with E-state index in [1.54, 1.807) is 11.3 Å². The van der Waals surface area contributed by atoms with E-state index in [1.165, 1.54) is 4.70 Å². The second-order valence-corrected chi connectivity index (χ2v) is 6.76. The van der Waals surface area contributed by atoms with Gasteiger partial charge in [-0.15, -0.1) is 11.3 Å². The standard InChI is InChI=1S/C15H21N3OS/c1-3-13-17-14-12(20-13)5-4-11(16)15(14)18-7-9(2)6-10(18)8-19/h4-5,9-10,19H,3,6-8,16H2,1-2H3/t9-,10-/m0/s1. The van der Waals surface area contributed by atoms with Crippen molar-refractivity contribution in [3.8, 4) is 0 Å². The number of anilines is 2. The zero-order valence-corrected chi connectivity index (χ0v) is 12.8. The number of rotatable bonds is 3. The number of nitrogen functional groups attached to an aromatic ring is 1. The maximum absolute atomic E-state index is 9.63. The van der Waals surface area contributed by atoms with Gasteiger partial charge in [0.2, 0.25) is 0 Å². The molecule has 1 aromatic heterocycles. The topological polar surface area (TPSA) is 62.4 Å². The summed E-state index contributed by atoms with van der Waals surface area (Å²) >= 11 is 1.73. The van der Waals surface area contributed by atoms with Crippen LogP contribution in [0.25, 0.3) is 10.2 Å². The molecule has 5 heteroatoms. The fraction of sp³-hybridized carbons (Fsp3) is 0.533. The van der Waals surface area contributed by atoms with Crippen molar-refractivity contribution in [2.45, 2.75) is 32.7 Å². The Labute approximate surface area is 123 Å². The van der Waals surface area contributed by atoms with Crippen LogP contribution in [0.4, 0.5) is 11.4 Å². The van der Waals surface area contributed by atoms with Crippen molar-refractivity contribution in [1.82, 2.24) is 4.98 Å². The van der Waals surface area contributed by atoms with E-state index in [4.69, 9.17) is 10.7 Å². The highest BCUT2D eigenvalue weighted by Crippen LogP contribution is 2.39. The van der Waals surface area contributed by atoms with E-state index in [9.17, 15) is 5.11 Å². The Morgan fingerprint density at radius 1 is 1.50 bits per heavy atom. The summed E-state index contributed by atoms with van der Waals surface area (Å²) in [5, 5.41) is 10.8. The number of aryl methyl sites for hydroxylation is 1. The van der Waals surface area contributed by atoms with E-state index in [1.807, 2.05) is 6.07 Å². The first-order valence-electron chi connectivity index (χ1n) is 7.19. The summed E-state index contributed by atoms with van der Waals surface area (Å²) in [5.74, 6) is 0.575. The van der Waals surface area contributed by atoms with E-state index in [2.05, 4.69) is 24.8 Å². The van der Waals surface area contributed by atoms with Gasteiger partial charge in [0, 0.05) is 6.54 Å². The molecule has 0 saturated carbocycles. The lowest BCUT2D eigenvalue weighted by molar-refractivity contribution is 0.264. The molecule has 2 atom stereocenters. The minimum Gasteiger partial charge on any atom is -0.397 e. The van der Waals surface area contributed by atoms with Gasteiger partial charge in [-0.05, 0) is 30.9 Å². The number of hydrogen-bond acceptors (Lipinski definition) is 5. The Hall–Kier alpha value is -1.33. The summed E-state index contributed by atoms with van der Waals surface area (Å²) in [7, 11) is 0. The molecular formula is C15H21N3OS. The molecule has 0 amide bonds. The molecule has 3 N–H and O–H groups in total. The summed E-state index contributed by atoms with van der Waals surface area (Å²) in [5.41, 5.74) is 9.00. The van der Waals surface area contributed by atoms with Gasteiger partial charge in [0.1, 0.15) is 5.52 Å². The molecule has 1 aliphatic heterocycles. The molecule has 0 radical (unpaired) electrons. The summed E-state index contributed by atoms with van der Waals surface area (Å²) in [6, 6.07) is 4.18. The van der Waals surface area contributed by atoms with Gasteiger partial charge in [-0.25, -0.2) is 4.98 Å². The first-order chi connectivity index (χ1) is 9.63. The number of nitrogens with zero attached hydrogens (tertiary/aromatic N) is 2. The Kier molecular flexibility index (Phi) is 3.56. The highest BCUT2D eigenvalue weighted by Gasteiger charge is 2.31. The average molecular weight is 291 g/mol. The van der Waals surface area contributed by atoms with E-state index in [0.717, 1.165) is 41.3 Å². The van der Waals surface area contributed by atoms with Gasteiger partial charge < -0.3 is 15.7 Å². The van der Waals surface area contributed by atoms with E-state index in [0.29, 0.717) is 5.92 Å². The first-order valence-corrected chi connectivity index (χ1v) is 8.01. The lowest BCUT2D eigenvalue weighted by Gasteiger charge is -2.26. The van der Waals surface area contributed by atoms with E-state index >= 15 is 0 Å². The highest BCUT2D eigenvalue weighted by atomic mass is 32.1. The van der Waals surface area contributed by atoms with Gasteiger partial charge in [-0.3, -0.25) is 0 Å². The van der Waals surface area contributed by atoms with Crippen molar-refractivity contribution in [3.05, 3.63) is 17.1 Å². The molecule has 2 heterocycles. The quantitative estimate of drug-likeness (QED) is 0.853. The van der Waals surface area contributed by atoms with Crippen LogP contribution in [0.2, 0.25) is 0 Å². The second kappa shape index (κ2) is 5.22. The van der Waals surface area contributed by atoms with Crippen LogP contribution in [0, 0.1) is 5.92 Å². The molecule has 1 aromatic carbocycles. The molecule has 0 unspecified atom stereocenters. The molecule has 0 spiro atoms. The molecular weight excluding hydrogens is 270 g/mol. The number of nitrogens with two attached hydrogens (primary N) is 1. The summed E-state index contributed by atoms with van der Waals surface area (Å²) in [6.07, 6.45) is 1.95. The van der Waals surface area contributed by atoms with Crippen LogP contribution in [-0.4, -0.2) is 29.3 Å². The summed E-state index contributed by atoms with van der Waals surface area (Å²) in [4.78, 5) is 7.00. The molecule has 1 fully saturated rings. The smallest absolute Gasteiger partial charge is 0.107 e. The number of fused-ring (bicyclic) bond motifs is 1. The molecule has 1 aliphatic rings. The minimum absolute atomic E-state index is 0.157. The monoisotopic (exact) mass is 291 g/mol. The van der Waals surface area contributed by atoms with Crippen molar-refractivity contribution in [3.63, 3.8) is 0 Å². The van der Waals surface area contributed by atoms with Crippen LogP contribution in [0.3, 0.4) is 0 Å². The van der Waals surface area contributed by atoms with Gasteiger partial charge in [0.25, 0.3) is 0 Å². The summed E-state index contributed by atoms with van der Waals surface area (Å²) in [6.45, 7) is 5.45. The van der Waals surface area contributed by atoms with Crippen molar-refractivity contribution in [1.29, 1.82) is 0 Å². The predicted molar refractivity (Wildman–Crippen MR) is 85.4 cm³/mol. The number of benzene rings is 1. The normalized spacial score (nSPS) is 22.9. The number of hydrogen-bond donors (Lipinski definition) is 2. The molecule has 4 nitrogen and oxygen atoms in total. The zero-order valence-electron chi connectivity index (χ0n) is 12.0. The first kappa shape index (κ1) is 13.6. The van der Waals surface area contributed by atoms with Gasteiger partial charge in [0.15, 0.2) is 0 Å². The lowest BCUT2D eigenvalue weighted by Crippen LogP contribution is -2.32. The van der Waals surface area contributed by atoms with Gasteiger partial charge in [0.05, 0.1) is 33.7 Å². The molecule has 2 aromatic rings. The third-order valence-corrected chi connectivity index (χ3v) is 5.20. The third kappa shape index (κ3) is 2.15.